The summed E-state index contributed by atoms with van der Waals surface area (Å²) < 4.78 is 0. The van der Waals surface area contributed by atoms with Crippen LogP contribution in [-0.4, -0.2) is 37.0 Å². The fourth-order valence-corrected chi connectivity index (χ4v) is 4.96. The minimum Gasteiger partial charge on any atom is -0.367 e. The summed E-state index contributed by atoms with van der Waals surface area (Å²) in [7, 11) is 0. The molecule has 0 N–H and O–H groups in total. The summed E-state index contributed by atoms with van der Waals surface area (Å²) in [6.07, 6.45) is 0.486. The molecule has 1 fully saturated rings. The van der Waals surface area contributed by atoms with Crippen LogP contribution in [0.4, 0.5) is 5.69 Å². The molecule has 4 rings (SSSR count). The van der Waals surface area contributed by atoms with E-state index in [4.69, 9.17) is 0 Å². The van der Waals surface area contributed by atoms with E-state index in [-0.39, 0.29) is 5.91 Å². The first-order valence-electron chi connectivity index (χ1n) is 10.5. The lowest BCUT2D eigenvalue weighted by Crippen LogP contribution is -2.49. The monoisotopic (exact) mass is 416 g/mol. The Morgan fingerprint density at radius 3 is 2.27 bits per heavy atom. The lowest BCUT2D eigenvalue weighted by molar-refractivity contribution is -0.130. The minimum absolute atomic E-state index is 0.221. The Labute approximate surface area is 183 Å². The van der Waals surface area contributed by atoms with E-state index in [2.05, 4.69) is 61.2 Å². The second-order valence-electron chi connectivity index (χ2n) is 7.87. The number of hydrogen-bond donors (Lipinski definition) is 0. The van der Waals surface area contributed by atoms with Crippen LogP contribution in [-0.2, 0) is 11.2 Å². The average Bonchev–Trinajstić information content (AvgIpc) is 2.77. The third-order valence-electron chi connectivity index (χ3n) is 5.59. The van der Waals surface area contributed by atoms with E-state index in [0.717, 1.165) is 31.7 Å². The largest absolute Gasteiger partial charge is 0.367 e. The van der Waals surface area contributed by atoms with Gasteiger partial charge >= 0.3 is 0 Å². The number of aryl methyl sites for hydroxylation is 2. The molecule has 3 aromatic carbocycles. The van der Waals surface area contributed by atoms with E-state index in [1.54, 1.807) is 0 Å². The molecule has 1 aliphatic rings. The van der Waals surface area contributed by atoms with E-state index >= 15 is 0 Å². The summed E-state index contributed by atoms with van der Waals surface area (Å²) in [5, 5.41) is 0. The third kappa shape index (κ3) is 4.88. The van der Waals surface area contributed by atoms with Crippen LogP contribution in [0.5, 0.6) is 0 Å². The van der Waals surface area contributed by atoms with Gasteiger partial charge in [-0.2, -0.15) is 0 Å². The van der Waals surface area contributed by atoms with Gasteiger partial charge in [0.05, 0.1) is 12.1 Å². The molecule has 0 aromatic heterocycles. The second-order valence-corrected chi connectivity index (χ2v) is 8.95. The summed E-state index contributed by atoms with van der Waals surface area (Å²) in [6, 6.07) is 25.3. The molecule has 0 atom stereocenters. The average molecular weight is 417 g/mol. The van der Waals surface area contributed by atoms with E-state index in [0.29, 0.717) is 6.42 Å². The molecule has 0 aliphatic carbocycles. The highest BCUT2D eigenvalue weighted by Crippen LogP contribution is 2.37. The summed E-state index contributed by atoms with van der Waals surface area (Å²) in [5.74, 6) is 0.221. The van der Waals surface area contributed by atoms with Gasteiger partial charge in [0.1, 0.15) is 0 Å². The molecule has 0 radical (unpaired) electrons. The molecule has 3 nitrogen and oxygen atoms in total. The van der Waals surface area contributed by atoms with Gasteiger partial charge in [0, 0.05) is 36.0 Å². The van der Waals surface area contributed by atoms with Crippen LogP contribution in [0.1, 0.15) is 16.7 Å². The molecule has 1 heterocycles. The number of para-hydroxylation sites is 1. The quantitative estimate of drug-likeness (QED) is 0.560. The van der Waals surface area contributed by atoms with Crippen molar-refractivity contribution in [1.82, 2.24) is 4.90 Å². The number of rotatable bonds is 5. The van der Waals surface area contributed by atoms with Gasteiger partial charge in [0.15, 0.2) is 0 Å². The van der Waals surface area contributed by atoms with Gasteiger partial charge in [-0.15, -0.1) is 0 Å². The van der Waals surface area contributed by atoms with Gasteiger partial charge in [0.25, 0.3) is 0 Å². The van der Waals surface area contributed by atoms with Crippen LogP contribution in [0.3, 0.4) is 0 Å². The Morgan fingerprint density at radius 1 is 0.833 bits per heavy atom. The molecule has 0 saturated carbocycles. The van der Waals surface area contributed by atoms with Crippen molar-refractivity contribution in [3.8, 4) is 0 Å². The molecule has 1 amide bonds. The van der Waals surface area contributed by atoms with Crippen LogP contribution >= 0.6 is 11.8 Å². The van der Waals surface area contributed by atoms with Crippen LogP contribution in [0, 0.1) is 13.8 Å². The highest BCUT2D eigenvalue weighted by molar-refractivity contribution is 7.99. The normalized spacial score (nSPS) is 14.1. The zero-order valence-electron chi connectivity index (χ0n) is 17.7. The van der Waals surface area contributed by atoms with Gasteiger partial charge in [0.2, 0.25) is 5.91 Å². The summed E-state index contributed by atoms with van der Waals surface area (Å²) >= 11 is 1.83. The SMILES string of the molecule is Cc1ccc(Sc2ccccc2N2CCN(C(=O)Cc3ccccc3)CC2)c(C)c1. The summed E-state index contributed by atoms with van der Waals surface area (Å²) in [4.78, 5) is 19.7. The Balaban J connectivity index is 1.42. The van der Waals surface area contributed by atoms with Crippen molar-refractivity contribution in [2.24, 2.45) is 0 Å². The standard InChI is InChI=1S/C26H28N2OS/c1-20-12-13-24(21(2)18-20)30-25-11-7-6-10-23(25)27-14-16-28(17-15-27)26(29)19-22-8-4-3-5-9-22/h3-13,18H,14-17,19H2,1-2H3. The number of hydrogen-bond acceptors (Lipinski definition) is 3. The predicted octanol–water partition coefficient (Wildman–Crippen LogP) is 5.35. The molecule has 3 aromatic rings. The first kappa shape index (κ1) is 20.5. The van der Waals surface area contributed by atoms with Crippen LogP contribution in [0.25, 0.3) is 0 Å². The molecule has 30 heavy (non-hydrogen) atoms. The van der Waals surface area contributed by atoms with Crippen LogP contribution in [0.15, 0.2) is 82.6 Å². The van der Waals surface area contributed by atoms with Gasteiger partial charge in [-0.1, -0.05) is 71.9 Å². The van der Waals surface area contributed by atoms with Crippen molar-refractivity contribution in [1.29, 1.82) is 0 Å². The van der Waals surface area contributed by atoms with E-state index in [1.807, 2.05) is 47.0 Å². The smallest absolute Gasteiger partial charge is 0.227 e. The maximum Gasteiger partial charge on any atom is 0.227 e. The van der Waals surface area contributed by atoms with Gasteiger partial charge in [-0.3, -0.25) is 4.79 Å². The Bertz CT molecular complexity index is 1010. The fourth-order valence-electron chi connectivity index (χ4n) is 3.92. The highest BCUT2D eigenvalue weighted by atomic mass is 32.2. The van der Waals surface area contributed by atoms with Gasteiger partial charge in [-0.05, 0) is 43.2 Å². The van der Waals surface area contributed by atoms with Gasteiger partial charge < -0.3 is 9.80 Å². The zero-order chi connectivity index (χ0) is 20.9. The van der Waals surface area contributed by atoms with E-state index < -0.39 is 0 Å². The van der Waals surface area contributed by atoms with Crippen molar-refractivity contribution in [2.45, 2.75) is 30.1 Å². The number of piperazine rings is 1. The number of carbonyl (C=O) groups is 1. The molecule has 4 heteroatoms. The summed E-state index contributed by atoms with van der Waals surface area (Å²) in [6.45, 7) is 7.58. The first-order valence-corrected chi connectivity index (χ1v) is 11.3. The number of carbonyl (C=O) groups excluding carboxylic acids is 1. The molecule has 0 spiro atoms. The maximum absolute atomic E-state index is 12.7. The summed E-state index contributed by atoms with van der Waals surface area (Å²) in [5.41, 5.74) is 4.95. The molecule has 0 bridgehead atoms. The Morgan fingerprint density at radius 2 is 1.53 bits per heavy atom. The maximum atomic E-state index is 12.7. The van der Waals surface area contributed by atoms with Crippen LogP contribution < -0.4 is 4.90 Å². The van der Waals surface area contributed by atoms with Crippen molar-refractivity contribution >= 4 is 23.4 Å². The number of nitrogens with zero attached hydrogens (tertiary/aromatic N) is 2. The number of benzene rings is 3. The molecular weight excluding hydrogens is 388 g/mol. The molecular formula is C26H28N2OS. The van der Waals surface area contributed by atoms with Crippen molar-refractivity contribution < 1.29 is 4.79 Å². The molecule has 0 unspecified atom stereocenters. The lowest BCUT2D eigenvalue weighted by atomic mass is 10.1. The third-order valence-corrected chi connectivity index (χ3v) is 6.83. The minimum atomic E-state index is 0.221. The number of amides is 1. The van der Waals surface area contributed by atoms with Crippen molar-refractivity contribution in [3.63, 3.8) is 0 Å². The number of anilines is 1. The van der Waals surface area contributed by atoms with Crippen LogP contribution in [0.2, 0.25) is 0 Å². The molecule has 1 saturated heterocycles. The van der Waals surface area contributed by atoms with Gasteiger partial charge in [-0.25, -0.2) is 0 Å². The van der Waals surface area contributed by atoms with Crippen molar-refractivity contribution in [2.75, 3.05) is 31.1 Å². The van der Waals surface area contributed by atoms with E-state index in [9.17, 15) is 4.79 Å². The molecule has 154 valence electrons. The van der Waals surface area contributed by atoms with E-state index in [1.165, 1.54) is 26.6 Å². The Kier molecular flexibility index (Phi) is 6.44. The zero-order valence-corrected chi connectivity index (χ0v) is 18.5. The highest BCUT2D eigenvalue weighted by Gasteiger charge is 2.23. The fraction of sp³-hybridized carbons (Fsp3) is 0.269. The predicted molar refractivity (Wildman–Crippen MR) is 125 cm³/mol. The lowest BCUT2D eigenvalue weighted by Gasteiger charge is -2.37. The van der Waals surface area contributed by atoms with Crippen molar-refractivity contribution in [3.05, 3.63) is 89.5 Å². The topological polar surface area (TPSA) is 23.6 Å². The molecule has 1 aliphatic heterocycles. The second kappa shape index (κ2) is 9.40. The first-order chi connectivity index (χ1) is 14.6. The Hall–Kier alpha value is -2.72.